The SMILES string of the molecule is CC/C=C\C/C=C\C/C=C\C/C=C\C/C=C\C/C=C\C/C=C\CCCC(=O)OCC(COC(=O)CCCCCCCCC/C=C\CCCCCCCCC)OC(=O)CCCCCCCCCC/C=C\C/C=C\C/C=C\C/C=C\CC. The topological polar surface area (TPSA) is 78.9 Å². The van der Waals surface area contributed by atoms with E-state index in [1.807, 2.05) is 0 Å². The third-order valence-corrected chi connectivity index (χ3v) is 13.6. The zero-order chi connectivity index (χ0) is 57.8. The van der Waals surface area contributed by atoms with Crippen LogP contribution >= 0.6 is 0 Å². The summed E-state index contributed by atoms with van der Waals surface area (Å²) in [5.41, 5.74) is 0. The molecule has 0 N–H and O–H groups in total. The summed E-state index contributed by atoms with van der Waals surface area (Å²) < 4.78 is 16.9. The van der Waals surface area contributed by atoms with E-state index in [1.165, 1.54) is 116 Å². The van der Waals surface area contributed by atoms with Crippen molar-refractivity contribution in [3.05, 3.63) is 146 Å². The Kier molecular flexibility index (Phi) is 62.9. The van der Waals surface area contributed by atoms with Gasteiger partial charge in [0.15, 0.2) is 6.10 Å². The molecule has 0 aliphatic carbocycles. The highest BCUT2D eigenvalue weighted by Gasteiger charge is 2.19. The molecular weight excluding hydrogens is 985 g/mol. The van der Waals surface area contributed by atoms with Gasteiger partial charge < -0.3 is 14.2 Å². The molecule has 0 heterocycles. The fraction of sp³-hybridized carbons (Fsp3) is 0.635. The normalized spacial score (nSPS) is 13.1. The minimum atomic E-state index is -0.816. The zero-order valence-electron chi connectivity index (χ0n) is 51.8. The summed E-state index contributed by atoms with van der Waals surface area (Å²) in [6, 6.07) is 0. The van der Waals surface area contributed by atoms with Crippen molar-refractivity contribution >= 4 is 17.9 Å². The molecule has 452 valence electrons. The fourth-order valence-electron chi connectivity index (χ4n) is 8.71. The molecular formula is C74H120O6. The van der Waals surface area contributed by atoms with Crippen LogP contribution in [-0.4, -0.2) is 37.2 Å². The lowest BCUT2D eigenvalue weighted by molar-refractivity contribution is -0.167. The van der Waals surface area contributed by atoms with Crippen molar-refractivity contribution in [1.29, 1.82) is 0 Å². The first-order valence-electron chi connectivity index (χ1n) is 32.8. The number of carbonyl (C=O) groups is 3. The number of rotatable bonds is 58. The molecule has 0 aliphatic rings. The van der Waals surface area contributed by atoms with Crippen LogP contribution in [0.4, 0.5) is 0 Å². The van der Waals surface area contributed by atoms with Gasteiger partial charge >= 0.3 is 17.9 Å². The van der Waals surface area contributed by atoms with E-state index in [9.17, 15) is 14.4 Å². The predicted molar refractivity (Wildman–Crippen MR) is 348 cm³/mol. The highest BCUT2D eigenvalue weighted by atomic mass is 16.6. The first-order chi connectivity index (χ1) is 39.5. The molecule has 6 nitrogen and oxygen atoms in total. The third-order valence-electron chi connectivity index (χ3n) is 13.6. The van der Waals surface area contributed by atoms with Crippen LogP contribution in [0.3, 0.4) is 0 Å². The Labute approximate surface area is 493 Å². The standard InChI is InChI=1S/C74H120O6/c1-4-7-10-13-16-19-22-25-28-31-34-36-37-39-40-43-46-49-52-55-58-61-64-67-73(76)79-70-71(69-78-72(75)66-63-60-57-54-51-48-45-42-33-30-27-24-21-18-15-12-9-6-3)80-74(77)68-65-62-59-56-53-50-47-44-41-38-35-32-29-26-23-20-17-14-11-8-5-2/h7-8,10-11,16-17,19-20,25-26,28-30,33-36,38-40,46,49,55,58,71H,4-6,9,12-15,18,21-24,27,31-32,37,41-45,47-48,50-54,56-57,59-70H2,1-3H3/b10-7-,11-8-,19-16-,20-17-,28-25-,29-26-,33-30-,36-34-,38-35-,40-39-,49-46-,58-55-. The molecule has 0 saturated carbocycles. The number of hydrogen-bond acceptors (Lipinski definition) is 6. The third kappa shape index (κ3) is 64.1. The molecule has 0 aromatic heterocycles. The van der Waals surface area contributed by atoms with Gasteiger partial charge in [-0.2, -0.15) is 0 Å². The van der Waals surface area contributed by atoms with Crippen LogP contribution in [0.25, 0.3) is 0 Å². The number of hydrogen-bond donors (Lipinski definition) is 0. The molecule has 0 radical (unpaired) electrons. The van der Waals surface area contributed by atoms with Gasteiger partial charge in [-0.15, -0.1) is 0 Å². The van der Waals surface area contributed by atoms with E-state index in [1.54, 1.807) is 0 Å². The summed E-state index contributed by atoms with van der Waals surface area (Å²) >= 11 is 0. The molecule has 0 amide bonds. The van der Waals surface area contributed by atoms with Crippen LogP contribution in [-0.2, 0) is 28.6 Å². The van der Waals surface area contributed by atoms with Crippen LogP contribution in [0.1, 0.15) is 284 Å². The van der Waals surface area contributed by atoms with E-state index >= 15 is 0 Å². The quantitative estimate of drug-likeness (QED) is 0.0261. The Balaban J connectivity index is 4.53. The van der Waals surface area contributed by atoms with Crippen LogP contribution < -0.4 is 0 Å². The summed E-state index contributed by atoms with van der Waals surface area (Å²) in [5, 5.41) is 0. The molecule has 80 heavy (non-hydrogen) atoms. The Morgan fingerprint density at radius 1 is 0.263 bits per heavy atom. The van der Waals surface area contributed by atoms with Crippen molar-refractivity contribution < 1.29 is 28.6 Å². The smallest absolute Gasteiger partial charge is 0.306 e. The molecule has 0 fully saturated rings. The van der Waals surface area contributed by atoms with Gasteiger partial charge in [-0.05, 0) is 135 Å². The largest absolute Gasteiger partial charge is 0.462 e. The molecule has 0 saturated heterocycles. The first-order valence-corrected chi connectivity index (χ1v) is 32.8. The average Bonchev–Trinajstić information content (AvgIpc) is 3.46. The monoisotopic (exact) mass is 1100 g/mol. The molecule has 0 bridgehead atoms. The second-order valence-electron chi connectivity index (χ2n) is 21.3. The minimum Gasteiger partial charge on any atom is -0.462 e. The molecule has 1 unspecified atom stereocenters. The average molecular weight is 1110 g/mol. The second-order valence-corrected chi connectivity index (χ2v) is 21.3. The van der Waals surface area contributed by atoms with Crippen molar-refractivity contribution in [2.24, 2.45) is 0 Å². The maximum absolute atomic E-state index is 12.9. The van der Waals surface area contributed by atoms with Gasteiger partial charge in [0.25, 0.3) is 0 Å². The van der Waals surface area contributed by atoms with Crippen molar-refractivity contribution in [3.63, 3.8) is 0 Å². The summed E-state index contributed by atoms with van der Waals surface area (Å²) in [6.07, 6.45) is 95.7. The van der Waals surface area contributed by atoms with Gasteiger partial charge in [0.2, 0.25) is 0 Å². The van der Waals surface area contributed by atoms with Gasteiger partial charge in [0, 0.05) is 19.3 Å². The van der Waals surface area contributed by atoms with E-state index in [4.69, 9.17) is 14.2 Å². The first kappa shape index (κ1) is 75.3. The number of esters is 3. The van der Waals surface area contributed by atoms with Crippen LogP contribution in [0.5, 0.6) is 0 Å². The molecule has 0 rings (SSSR count). The van der Waals surface area contributed by atoms with E-state index < -0.39 is 6.10 Å². The van der Waals surface area contributed by atoms with Crippen molar-refractivity contribution in [1.82, 2.24) is 0 Å². The highest BCUT2D eigenvalue weighted by Crippen LogP contribution is 2.15. The van der Waals surface area contributed by atoms with Gasteiger partial charge in [0.05, 0.1) is 0 Å². The fourth-order valence-corrected chi connectivity index (χ4v) is 8.71. The maximum atomic E-state index is 12.9. The summed E-state index contributed by atoms with van der Waals surface area (Å²) in [7, 11) is 0. The summed E-state index contributed by atoms with van der Waals surface area (Å²) in [4.78, 5) is 38.4. The lowest BCUT2D eigenvalue weighted by Gasteiger charge is -2.18. The number of allylic oxidation sites excluding steroid dienone is 24. The summed E-state index contributed by atoms with van der Waals surface area (Å²) in [5.74, 6) is -0.978. The van der Waals surface area contributed by atoms with Crippen LogP contribution in [0, 0.1) is 0 Å². The lowest BCUT2D eigenvalue weighted by atomic mass is 10.1. The van der Waals surface area contributed by atoms with E-state index in [-0.39, 0.29) is 37.5 Å². The van der Waals surface area contributed by atoms with Gasteiger partial charge in [0.1, 0.15) is 13.2 Å². The van der Waals surface area contributed by atoms with Crippen LogP contribution in [0.15, 0.2) is 146 Å². The number of carbonyl (C=O) groups excluding carboxylic acids is 3. The van der Waals surface area contributed by atoms with Crippen molar-refractivity contribution in [2.45, 2.75) is 290 Å². The number of ether oxygens (including phenoxy) is 3. The Morgan fingerprint density at radius 3 is 0.825 bits per heavy atom. The zero-order valence-corrected chi connectivity index (χ0v) is 51.8. The summed E-state index contributed by atoms with van der Waals surface area (Å²) in [6.45, 7) is 6.37. The number of unbranched alkanes of at least 4 members (excludes halogenated alkanes) is 23. The molecule has 0 spiro atoms. The van der Waals surface area contributed by atoms with Gasteiger partial charge in [-0.3, -0.25) is 14.4 Å². The van der Waals surface area contributed by atoms with E-state index in [2.05, 4.69) is 167 Å². The second kappa shape index (κ2) is 66.8. The van der Waals surface area contributed by atoms with E-state index in [0.717, 1.165) is 122 Å². The molecule has 1 atom stereocenters. The Hall–Kier alpha value is -4.71. The van der Waals surface area contributed by atoms with Crippen molar-refractivity contribution in [2.75, 3.05) is 13.2 Å². The predicted octanol–water partition coefficient (Wildman–Crippen LogP) is 22.7. The highest BCUT2D eigenvalue weighted by molar-refractivity contribution is 5.71. The molecule has 0 aromatic rings. The van der Waals surface area contributed by atoms with Gasteiger partial charge in [-0.1, -0.05) is 276 Å². The molecule has 0 aromatic carbocycles. The molecule has 6 heteroatoms. The van der Waals surface area contributed by atoms with E-state index in [0.29, 0.717) is 19.3 Å². The van der Waals surface area contributed by atoms with Gasteiger partial charge in [-0.25, -0.2) is 0 Å². The minimum absolute atomic E-state index is 0.106. The van der Waals surface area contributed by atoms with Crippen molar-refractivity contribution in [3.8, 4) is 0 Å². The lowest BCUT2D eigenvalue weighted by Crippen LogP contribution is -2.30. The Bertz CT molecular complexity index is 1750. The Morgan fingerprint density at radius 2 is 0.500 bits per heavy atom. The molecule has 0 aliphatic heterocycles. The van der Waals surface area contributed by atoms with Crippen LogP contribution in [0.2, 0.25) is 0 Å². The maximum Gasteiger partial charge on any atom is 0.306 e.